The van der Waals surface area contributed by atoms with Crippen LogP contribution in [0.2, 0.25) is 0 Å². The summed E-state index contributed by atoms with van der Waals surface area (Å²) < 4.78 is 11.5. The number of aliphatic hydroxyl groups excluding tert-OH is 2. The number of aliphatic hydroxyl groups is 2. The highest BCUT2D eigenvalue weighted by Crippen LogP contribution is 2.49. The fourth-order valence-electron chi connectivity index (χ4n) is 3.98. The first-order valence-electron chi connectivity index (χ1n) is 9.74. The van der Waals surface area contributed by atoms with Crippen molar-refractivity contribution in [2.24, 2.45) is 11.8 Å². The van der Waals surface area contributed by atoms with Crippen LogP contribution < -0.4 is 0 Å². The van der Waals surface area contributed by atoms with Crippen LogP contribution >= 0.6 is 0 Å². The Hall–Kier alpha value is -2.46. The molecule has 0 spiro atoms. The van der Waals surface area contributed by atoms with E-state index in [0.717, 1.165) is 31.4 Å². The number of hydrogen-bond donors (Lipinski definition) is 2. The minimum atomic E-state index is -1.15. The van der Waals surface area contributed by atoms with Crippen LogP contribution in [0.5, 0.6) is 0 Å². The van der Waals surface area contributed by atoms with Crippen molar-refractivity contribution < 1.29 is 19.4 Å². The molecule has 1 aliphatic carbocycles. The van der Waals surface area contributed by atoms with E-state index in [9.17, 15) is 10.2 Å². The van der Waals surface area contributed by atoms with E-state index in [4.69, 9.17) is 9.15 Å². The lowest BCUT2D eigenvalue weighted by Gasteiger charge is -2.31. The molecule has 1 aliphatic heterocycles. The van der Waals surface area contributed by atoms with E-state index in [1.807, 2.05) is 30.3 Å². The van der Waals surface area contributed by atoms with Crippen molar-refractivity contribution >= 4 is 0 Å². The molecule has 0 amide bonds. The molecule has 142 valence electrons. The summed E-state index contributed by atoms with van der Waals surface area (Å²) >= 11 is 0. The van der Waals surface area contributed by atoms with Gasteiger partial charge in [0.1, 0.15) is 17.3 Å². The third-order valence-electron chi connectivity index (χ3n) is 5.59. The van der Waals surface area contributed by atoms with E-state index in [0.29, 0.717) is 17.3 Å². The molecular formula is C23H26O4. The molecule has 4 rings (SSSR count). The van der Waals surface area contributed by atoms with Crippen LogP contribution in [0, 0.1) is 11.8 Å². The molecule has 0 radical (unpaired) electrons. The Bertz CT molecular complexity index is 815. The van der Waals surface area contributed by atoms with Crippen LogP contribution in [0.25, 0.3) is 0 Å². The van der Waals surface area contributed by atoms with Gasteiger partial charge in [0.2, 0.25) is 6.29 Å². The fourth-order valence-corrected chi connectivity index (χ4v) is 3.98. The maximum atomic E-state index is 10.8. The maximum Gasteiger partial charge on any atom is 0.224 e. The molecule has 0 bridgehead atoms. The first-order valence-corrected chi connectivity index (χ1v) is 9.74. The molecule has 1 saturated carbocycles. The molecule has 1 aromatic carbocycles. The van der Waals surface area contributed by atoms with Gasteiger partial charge in [-0.2, -0.15) is 0 Å². The Labute approximate surface area is 159 Å². The van der Waals surface area contributed by atoms with Gasteiger partial charge in [-0.25, -0.2) is 0 Å². The Morgan fingerprint density at radius 2 is 1.89 bits per heavy atom. The van der Waals surface area contributed by atoms with Crippen LogP contribution in [0.4, 0.5) is 0 Å². The van der Waals surface area contributed by atoms with E-state index in [1.54, 1.807) is 12.3 Å². The number of hydrogen-bond acceptors (Lipinski definition) is 4. The Kier molecular flexibility index (Phi) is 5.08. The average Bonchev–Trinajstić information content (AvgIpc) is 3.36. The van der Waals surface area contributed by atoms with Crippen molar-refractivity contribution in [3.05, 3.63) is 83.2 Å². The van der Waals surface area contributed by atoms with E-state index in [2.05, 4.69) is 19.1 Å². The summed E-state index contributed by atoms with van der Waals surface area (Å²) in [6.45, 7) is 2.09. The second kappa shape index (κ2) is 7.65. The number of allylic oxidation sites excluding steroid dienone is 2. The monoisotopic (exact) mass is 366 g/mol. The lowest BCUT2D eigenvalue weighted by molar-refractivity contribution is -0.0580. The predicted molar refractivity (Wildman–Crippen MR) is 103 cm³/mol. The summed E-state index contributed by atoms with van der Waals surface area (Å²) in [4.78, 5) is 0. The summed E-state index contributed by atoms with van der Waals surface area (Å²) in [5.74, 6) is 1.88. The lowest BCUT2D eigenvalue weighted by Crippen LogP contribution is -2.28. The molecule has 27 heavy (non-hydrogen) atoms. The highest BCUT2D eigenvalue weighted by atomic mass is 16.6. The van der Waals surface area contributed by atoms with Crippen molar-refractivity contribution in [2.45, 2.75) is 44.8 Å². The second-order valence-corrected chi connectivity index (χ2v) is 7.48. The zero-order chi connectivity index (χ0) is 18.8. The molecule has 2 aliphatic rings. The van der Waals surface area contributed by atoms with Crippen LogP contribution in [0.3, 0.4) is 0 Å². The van der Waals surface area contributed by atoms with Gasteiger partial charge < -0.3 is 19.4 Å². The number of furan rings is 1. The Morgan fingerprint density at radius 3 is 2.48 bits per heavy atom. The van der Waals surface area contributed by atoms with E-state index in [-0.39, 0.29) is 17.6 Å². The van der Waals surface area contributed by atoms with Gasteiger partial charge in [0.25, 0.3) is 0 Å². The third kappa shape index (κ3) is 3.81. The quantitative estimate of drug-likeness (QED) is 0.717. The minimum Gasteiger partial charge on any atom is -0.508 e. The van der Waals surface area contributed by atoms with Gasteiger partial charge in [-0.05, 0) is 49.3 Å². The maximum absolute atomic E-state index is 10.8. The summed E-state index contributed by atoms with van der Waals surface area (Å²) in [6.07, 6.45) is 5.98. The minimum absolute atomic E-state index is 0.105. The van der Waals surface area contributed by atoms with Gasteiger partial charge in [-0.3, -0.25) is 0 Å². The molecule has 1 aromatic heterocycles. The van der Waals surface area contributed by atoms with Crippen molar-refractivity contribution in [3.63, 3.8) is 0 Å². The van der Waals surface area contributed by atoms with Crippen LogP contribution in [0.1, 0.15) is 43.4 Å². The molecule has 2 aromatic rings. The van der Waals surface area contributed by atoms with Crippen LogP contribution in [0.15, 0.2) is 76.3 Å². The van der Waals surface area contributed by atoms with E-state index >= 15 is 0 Å². The smallest absolute Gasteiger partial charge is 0.224 e. The first kappa shape index (κ1) is 17.9. The average molecular weight is 366 g/mol. The fraction of sp³-hybridized carbons (Fsp3) is 0.391. The zero-order valence-electron chi connectivity index (χ0n) is 15.5. The Morgan fingerprint density at radius 1 is 1.11 bits per heavy atom. The topological polar surface area (TPSA) is 62.8 Å². The molecule has 1 fully saturated rings. The zero-order valence-corrected chi connectivity index (χ0v) is 15.5. The Balaban J connectivity index is 1.62. The third-order valence-corrected chi connectivity index (χ3v) is 5.59. The highest BCUT2D eigenvalue weighted by Gasteiger charge is 2.42. The molecule has 4 nitrogen and oxygen atoms in total. The molecule has 2 N–H and O–H groups in total. The van der Waals surface area contributed by atoms with Gasteiger partial charge in [-0.15, -0.1) is 0 Å². The summed E-state index contributed by atoms with van der Waals surface area (Å²) in [5.41, 5.74) is 1.73. The summed E-state index contributed by atoms with van der Waals surface area (Å²) in [6, 6.07) is 14.0. The predicted octanol–water partition coefficient (Wildman–Crippen LogP) is 5.09. The van der Waals surface area contributed by atoms with Gasteiger partial charge in [-0.1, -0.05) is 37.3 Å². The van der Waals surface area contributed by atoms with Gasteiger partial charge in [0, 0.05) is 12.0 Å². The summed E-state index contributed by atoms with van der Waals surface area (Å²) in [5, 5.41) is 21.5. The highest BCUT2D eigenvalue weighted by molar-refractivity contribution is 5.36. The second-order valence-electron chi connectivity index (χ2n) is 7.48. The number of rotatable bonds is 7. The molecule has 3 atom stereocenters. The number of benzene rings is 1. The lowest BCUT2D eigenvalue weighted by atomic mass is 9.87. The molecule has 4 heteroatoms. The SMILES string of the molecule is CCC(Cc1ccccc1)C1=CC(O)=C(C(c2ccco2)C2CC2)C(O)O1. The molecule has 3 unspecified atom stereocenters. The first-order chi connectivity index (χ1) is 13.2. The molecule has 2 heterocycles. The van der Waals surface area contributed by atoms with Crippen molar-refractivity contribution in [1.29, 1.82) is 0 Å². The van der Waals surface area contributed by atoms with Gasteiger partial charge in [0.05, 0.1) is 17.8 Å². The van der Waals surface area contributed by atoms with Crippen molar-refractivity contribution in [3.8, 4) is 0 Å². The molecular weight excluding hydrogens is 340 g/mol. The molecule has 0 saturated heterocycles. The normalized spacial score (nSPS) is 22.1. The summed E-state index contributed by atoms with van der Waals surface area (Å²) in [7, 11) is 0. The van der Waals surface area contributed by atoms with Crippen molar-refractivity contribution in [1.82, 2.24) is 0 Å². The largest absolute Gasteiger partial charge is 0.508 e. The van der Waals surface area contributed by atoms with Gasteiger partial charge >= 0.3 is 0 Å². The number of ether oxygens (including phenoxy) is 1. The van der Waals surface area contributed by atoms with Crippen LogP contribution in [-0.2, 0) is 11.2 Å². The van der Waals surface area contributed by atoms with Crippen molar-refractivity contribution in [2.75, 3.05) is 0 Å². The van der Waals surface area contributed by atoms with E-state index < -0.39 is 6.29 Å². The van der Waals surface area contributed by atoms with Crippen LogP contribution in [-0.4, -0.2) is 16.5 Å². The van der Waals surface area contributed by atoms with Gasteiger partial charge in [0.15, 0.2) is 0 Å². The van der Waals surface area contributed by atoms with E-state index in [1.165, 1.54) is 5.56 Å². The standard InChI is InChI=1S/C23H26O4/c1-2-16(13-15-7-4-3-5-8-15)20-14-18(24)22(23(25)27-20)21(17-10-11-17)19-9-6-12-26-19/h3-9,12,14,16-17,21,23-25H,2,10-11,13H2,1H3.